The van der Waals surface area contributed by atoms with Crippen LogP contribution in [-0.4, -0.2) is 15.6 Å². The summed E-state index contributed by atoms with van der Waals surface area (Å²) >= 11 is 0. The normalized spacial score (nSPS) is 11.5. The molecule has 1 amide bonds. The third-order valence-electron chi connectivity index (χ3n) is 5.39. The third-order valence-corrected chi connectivity index (χ3v) is 5.39. The lowest BCUT2D eigenvalue weighted by molar-refractivity contribution is 0.101. The summed E-state index contributed by atoms with van der Waals surface area (Å²) in [5, 5.41) is 0.447. The molecule has 4 rings (SSSR count). The van der Waals surface area contributed by atoms with Gasteiger partial charge in [0.15, 0.2) is 5.82 Å². The van der Waals surface area contributed by atoms with E-state index in [9.17, 15) is 9.59 Å². The van der Waals surface area contributed by atoms with Gasteiger partial charge in [0.2, 0.25) is 0 Å². The van der Waals surface area contributed by atoms with E-state index >= 15 is 0 Å². The summed E-state index contributed by atoms with van der Waals surface area (Å²) in [4.78, 5) is 31.0. The molecule has 0 aliphatic carbocycles. The van der Waals surface area contributed by atoms with Crippen LogP contribution in [0.2, 0.25) is 0 Å². The number of carbonyl (C=O) groups is 1. The molecular formula is C26H25N3O2. The average molecular weight is 412 g/mol. The van der Waals surface area contributed by atoms with Gasteiger partial charge in [-0.15, -0.1) is 0 Å². The van der Waals surface area contributed by atoms with E-state index in [0.717, 1.165) is 11.1 Å². The fraction of sp³-hybridized carbons (Fsp3) is 0.192. The van der Waals surface area contributed by atoms with Gasteiger partial charge in [0.25, 0.3) is 11.5 Å². The van der Waals surface area contributed by atoms with Crippen molar-refractivity contribution in [3.63, 3.8) is 0 Å². The largest absolute Gasteiger partial charge is 0.280 e. The summed E-state index contributed by atoms with van der Waals surface area (Å²) in [6.45, 7) is 8.31. The van der Waals surface area contributed by atoms with Gasteiger partial charge in [0.1, 0.15) is 0 Å². The molecule has 0 saturated carbocycles. The highest BCUT2D eigenvalue weighted by atomic mass is 16.2. The molecule has 0 atom stereocenters. The topological polar surface area (TPSA) is 64.0 Å². The van der Waals surface area contributed by atoms with Crippen molar-refractivity contribution in [2.45, 2.75) is 33.1 Å². The first-order valence-corrected chi connectivity index (χ1v) is 10.3. The van der Waals surface area contributed by atoms with E-state index in [1.807, 2.05) is 49.4 Å². The van der Waals surface area contributed by atoms with Crippen molar-refractivity contribution in [2.24, 2.45) is 0 Å². The predicted octanol–water partition coefficient (Wildman–Crippen LogP) is 5.05. The van der Waals surface area contributed by atoms with Crippen LogP contribution in [0.5, 0.6) is 0 Å². The number of fused-ring (bicyclic) bond motifs is 1. The molecule has 1 heterocycles. The molecule has 31 heavy (non-hydrogen) atoms. The van der Waals surface area contributed by atoms with Gasteiger partial charge in [-0.05, 0) is 41.7 Å². The monoisotopic (exact) mass is 411 g/mol. The van der Waals surface area contributed by atoms with Gasteiger partial charge in [-0.2, -0.15) is 4.68 Å². The lowest BCUT2D eigenvalue weighted by Gasteiger charge is -2.20. The average Bonchev–Trinajstić information content (AvgIpc) is 2.75. The Kier molecular flexibility index (Phi) is 5.19. The van der Waals surface area contributed by atoms with Gasteiger partial charge in [0.05, 0.1) is 10.9 Å². The zero-order valence-corrected chi connectivity index (χ0v) is 18.1. The van der Waals surface area contributed by atoms with Crippen LogP contribution < -0.4 is 11.0 Å². The van der Waals surface area contributed by atoms with Crippen LogP contribution in [0, 0.1) is 6.92 Å². The van der Waals surface area contributed by atoms with Gasteiger partial charge in [0, 0.05) is 11.1 Å². The van der Waals surface area contributed by atoms with E-state index in [-0.39, 0.29) is 16.9 Å². The molecule has 0 aliphatic rings. The molecule has 4 aromatic rings. The van der Waals surface area contributed by atoms with Crippen LogP contribution in [0.4, 0.5) is 0 Å². The van der Waals surface area contributed by atoms with E-state index in [1.54, 1.807) is 30.3 Å². The maximum absolute atomic E-state index is 13.3. The van der Waals surface area contributed by atoms with Crippen molar-refractivity contribution in [1.29, 1.82) is 0 Å². The van der Waals surface area contributed by atoms with Crippen LogP contribution in [0.3, 0.4) is 0 Å². The number of nitrogens with zero attached hydrogens (tertiary/aromatic N) is 2. The molecule has 0 saturated heterocycles. The van der Waals surface area contributed by atoms with Crippen molar-refractivity contribution < 1.29 is 4.79 Å². The van der Waals surface area contributed by atoms with E-state index in [0.29, 0.717) is 22.3 Å². The van der Waals surface area contributed by atoms with Crippen molar-refractivity contribution in [2.75, 3.05) is 5.43 Å². The summed E-state index contributed by atoms with van der Waals surface area (Å²) in [6.07, 6.45) is 0. The second-order valence-corrected chi connectivity index (χ2v) is 8.68. The SMILES string of the molecule is Cc1ccccc1C(=O)Nn1c(-c2ccc(C(C)(C)C)cc2)nc2ccccc2c1=O. The van der Waals surface area contributed by atoms with Crippen LogP contribution in [0.1, 0.15) is 42.3 Å². The Balaban J connectivity index is 1.87. The Morgan fingerprint density at radius 1 is 0.903 bits per heavy atom. The Bertz CT molecular complexity index is 1330. The number of nitrogens with one attached hydrogen (secondary N) is 1. The van der Waals surface area contributed by atoms with Crippen molar-refractivity contribution in [3.8, 4) is 11.4 Å². The minimum atomic E-state index is -0.357. The molecule has 0 fully saturated rings. The number of benzene rings is 3. The Labute approximate surface area is 181 Å². The van der Waals surface area contributed by atoms with Gasteiger partial charge in [-0.1, -0.05) is 75.4 Å². The van der Waals surface area contributed by atoms with Gasteiger partial charge >= 0.3 is 0 Å². The quantitative estimate of drug-likeness (QED) is 0.513. The molecular weight excluding hydrogens is 386 g/mol. The highest BCUT2D eigenvalue weighted by molar-refractivity contribution is 6.01. The number of para-hydroxylation sites is 1. The summed E-state index contributed by atoms with van der Waals surface area (Å²) in [7, 11) is 0. The molecule has 0 unspecified atom stereocenters. The summed E-state index contributed by atoms with van der Waals surface area (Å²) in [5.74, 6) is 0.0379. The van der Waals surface area contributed by atoms with Crippen molar-refractivity contribution in [1.82, 2.24) is 9.66 Å². The zero-order chi connectivity index (χ0) is 22.2. The fourth-order valence-corrected chi connectivity index (χ4v) is 3.54. The molecule has 0 spiro atoms. The molecule has 5 heteroatoms. The third kappa shape index (κ3) is 3.99. The predicted molar refractivity (Wildman–Crippen MR) is 125 cm³/mol. The molecule has 1 aromatic heterocycles. The molecule has 1 N–H and O–H groups in total. The first-order valence-electron chi connectivity index (χ1n) is 10.3. The molecule has 5 nitrogen and oxygen atoms in total. The minimum absolute atomic E-state index is 0.00800. The number of rotatable bonds is 3. The van der Waals surface area contributed by atoms with E-state index in [1.165, 1.54) is 10.2 Å². The number of aromatic nitrogens is 2. The summed E-state index contributed by atoms with van der Waals surface area (Å²) < 4.78 is 1.25. The lowest BCUT2D eigenvalue weighted by Crippen LogP contribution is -2.35. The smallest absolute Gasteiger partial charge is 0.267 e. The number of hydrogen-bond acceptors (Lipinski definition) is 3. The minimum Gasteiger partial charge on any atom is -0.267 e. The van der Waals surface area contributed by atoms with E-state index in [4.69, 9.17) is 4.98 Å². The number of aryl methyl sites for hydroxylation is 1. The van der Waals surface area contributed by atoms with Gasteiger partial charge in [-0.3, -0.25) is 15.0 Å². The molecule has 0 aliphatic heterocycles. The highest BCUT2D eigenvalue weighted by Gasteiger charge is 2.18. The van der Waals surface area contributed by atoms with Gasteiger partial charge in [-0.25, -0.2) is 4.98 Å². The maximum atomic E-state index is 13.3. The van der Waals surface area contributed by atoms with Crippen LogP contribution in [0.25, 0.3) is 22.3 Å². The maximum Gasteiger partial charge on any atom is 0.280 e. The van der Waals surface area contributed by atoms with E-state index < -0.39 is 0 Å². The summed E-state index contributed by atoms with van der Waals surface area (Å²) in [6, 6.07) is 22.4. The van der Waals surface area contributed by atoms with Crippen LogP contribution >= 0.6 is 0 Å². The van der Waals surface area contributed by atoms with Crippen LogP contribution in [-0.2, 0) is 5.41 Å². The first-order chi connectivity index (χ1) is 14.8. The Morgan fingerprint density at radius 3 is 2.23 bits per heavy atom. The number of carbonyl (C=O) groups excluding carboxylic acids is 1. The highest BCUT2D eigenvalue weighted by Crippen LogP contribution is 2.25. The molecule has 0 bridgehead atoms. The van der Waals surface area contributed by atoms with Gasteiger partial charge < -0.3 is 0 Å². The second kappa shape index (κ2) is 7.84. The molecule has 0 radical (unpaired) electrons. The first kappa shape index (κ1) is 20.5. The summed E-state index contributed by atoms with van der Waals surface area (Å²) in [5.41, 5.74) is 6.32. The molecule has 3 aromatic carbocycles. The Hall–Kier alpha value is -3.73. The number of amides is 1. The standard InChI is InChI=1S/C26H25N3O2/c1-17-9-5-6-10-20(17)24(30)28-29-23(18-13-15-19(16-14-18)26(2,3)4)27-22-12-8-7-11-21(22)25(29)31/h5-16H,1-4H3,(H,28,30). The Morgan fingerprint density at radius 2 is 1.55 bits per heavy atom. The lowest BCUT2D eigenvalue weighted by atomic mass is 9.86. The molecule has 156 valence electrons. The second-order valence-electron chi connectivity index (χ2n) is 8.68. The zero-order valence-electron chi connectivity index (χ0n) is 18.1. The van der Waals surface area contributed by atoms with Crippen molar-refractivity contribution in [3.05, 3.63) is 99.8 Å². The fourth-order valence-electron chi connectivity index (χ4n) is 3.54. The van der Waals surface area contributed by atoms with Crippen molar-refractivity contribution >= 4 is 16.8 Å². The number of hydrogen-bond donors (Lipinski definition) is 1. The van der Waals surface area contributed by atoms with E-state index in [2.05, 4.69) is 26.2 Å². The van der Waals surface area contributed by atoms with Crippen LogP contribution in [0.15, 0.2) is 77.6 Å².